The normalized spacial score (nSPS) is 17.9. The zero-order chi connectivity index (χ0) is 21.8. The number of rotatable bonds is 7. The van der Waals surface area contributed by atoms with Crippen molar-refractivity contribution in [3.8, 4) is 17.2 Å². The molecule has 1 unspecified atom stereocenters. The number of hydrogen-bond acceptors (Lipinski definition) is 5. The maximum atomic E-state index is 12.9. The second-order valence-electron chi connectivity index (χ2n) is 8.67. The topological polar surface area (TPSA) is 66.0 Å². The van der Waals surface area contributed by atoms with Crippen LogP contribution < -0.4 is 19.5 Å². The number of nitrogens with one attached hydrogen (secondary N) is 1. The summed E-state index contributed by atoms with van der Waals surface area (Å²) >= 11 is 0. The van der Waals surface area contributed by atoms with E-state index in [-0.39, 0.29) is 18.1 Å². The molecule has 4 rings (SSSR count). The van der Waals surface area contributed by atoms with Crippen molar-refractivity contribution in [2.45, 2.75) is 51.0 Å². The highest BCUT2D eigenvalue weighted by molar-refractivity contribution is 5.80. The molecule has 1 amide bonds. The number of carbonyl (C=O) groups is 1. The van der Waals surface area contributed by atoms with Crippen molar-refractivity contribution < 1.29 is 23.7 Å². The van der Waals surface area contributed by atoms with Gasteiger partial charge in [-0.2, -0.15) is 0 Å². The maximum Gasteiger partial charge on any atom is 0.260 e. The molecule has 166 valence electrons. The van der Waals surface area contributed by atoms with Gasteiger partial charge in [-0.25, -0.2) is 0 Å². The molecule has 2 aliphatic heterocycles. The molecular formula is C25H31NO5. The Hall–Kier alpha value is -2.73. The van der Waals surface area contributed by atoms with Crippen molar-refractivity contribution in [3.05, 3.63) is 53.6 Å². The highest BCUT2D eigenvalue weighted by Crippen LogP contribution is 2.40. The quantitative estimate of drug-likeness (QED) is 0.721. The molecule has 0 aromatic heterocycles. The van der Waals surface area contributed by atoms with E-state index in [9.17, 15) is 4.79 Å². The Kier molecular flexibility index (Phi) is 6.37. The summed E-state index contributed by atoms with van der Waals surface area (Å²) in [6.45, 7) is 8.16. The van der Waals surface area contributed by atoms with Crippen LogP contribution in [0, 0.1) is 0 Å². The molecule has 2 aromatic rings. The van der Waals surface area contributed by atoms with Crippen LogP contribution in [0.1, 0.15) is 50.7 Å². The van der Waals surface area contributed by atoms with Gasteiger partial charge >= 0.3 is 0 Å². The summed E-state index contributed by atoms with van der Waals surface area (Å²) in [7, 11) is 0. The zero-order valence-corrected chi connectivity index (χ0v) is 18.5. The van der Waals surface area contributed by atoms with Gasteiger partial charge in [0.15, 0.2) is 17.6 Å². The molecule has 0 saturated carbocycles. The van der Waals surface area contributed by atoms with Crippen LogP contribution in [0.15, 0.2) is 42.5 Å². The number of benzene rings is 2. The molecule has 6 heteroatoms. The number of ether oxygens (including phenoxy) is 4. The predicted octanol–water partition coefficient (Wildman–Crippen LogP) is 4.17. The Labute approximate surface area is 183 Å². The molecule has 0 radical (unpaired) electrons. The largest absolute Gasteiger partial charge is 0.481 e. The van der Waals surface area contributed by atoms with Gasteiger partial charge in [-0.15, -0.1) is 0 Å². The van der Waals surface area contributed by atoms with Crippen LogP contribution >= 0.6 is 0 Å². The van der Waals surface area contributed by atoms with E-state index < -0.39 is 6.10 Å². The second kappa shape index (κ2) is 9.18. The molecule has 31 heavy (non-hydrogen) atoms. The van der Waals surface area contributed by atoms with Crippen molar-refractivity contribution in [2.24, 2.45) is 0 Å². The molecule has 0 spiro atoms. The number of carbonyl (C=O) groups excluding carboxylic acids is 1. The molecular weight excluding hydrogens is 394 g/mol. The third-order valence-corrected chi connectivity index (χ3v) is 6.24. The molecule has 1 atom stereocenters. The van der Waals surface area contributed by atoms with Gasteiger partial charge in [0.05, 0.1) is 0 Å². The first-order valence-corrected chi connectivity index (χ1v) is 11.0. The Morgan fingerprint density at radius 2 is 1.84 bits per heavy atom. The first-order chi connectivity index (χ1) is 15.0. The summed E-state index contributed by atoms with van der Waals surface area (Å²) in [5, 5.41) is 3.13. The van der Waals surface area contributed by atoms with Gasteiger partial charge in [0.25, 0.3) is 5.91 Å². The van der Waals surface area contributed by atoms with Gasteiger partial charge in [-0.3, -0.25) is 4.79 Å². The fourth-order valence-corrected chi connectivity index (χ4v) is 4.16. The van der Waals surface area contributed by atoms with Gasteiger partial charge in [-0.1, -0.05) is 32.0 Å². The first-order valence-electron chi connectivity index (χ1n) is 11.0. The minimum absolute atomic E-state index is 0.124. The van der Waals surface area contributed by atoms with Crippen molar-refractivity contribution >= 4 is 5.91 Å². The number of fused-ring (bicyclic) bond motifs is 1. The fraction of sp³-hybridized carbons (Fsp3) is 0.480. The summed E-state index contributed by atoms with van der Waals surface area (Å²) in [5.74, 6) is 2.52. The van der Waals surface area contributed by atoms with Gasteiger partial charge < -0.3 is 24.3 Å². The van der Waals surface area contributed by atoms with E-state index in [1.807, 2.05) is 30.3 Å². The van der Waals surface area contributed by atoms with E-state index in [1.54, 1.807) is 6.92 Å². The van der Waals surface area contributed by atoms with Gasteiger partial charge in [0.2, 0.25) is 6.79 Å². The minimum atomic E-state index is -0.587. The van der Waals surface area contributed by atoms with Gasteiger partial charge in [0.1, 0.15) is 5.75 Å². The molecule has 2 aromatic carbocycles. The molecule has 0 aliphatic carbocycles. The van der Waals surface area contributed by atoms with Crippen molar-refractivity contribution in [3.63, 3.8) is 0 Å². The molecule has 6 nitrogen and oxygen atoms in total. The Morgan fingerprint density at radius 1 is 1.06 bits per heavy atom. The summed E-state index contributed by atoms with van der Waals surface area (Å²) in [6.07, 6.45) is 1.08. The Morgan fingerprint density at radius 3 is 2.61 bits per heavy atom. The average molecular weight is 426 g/mol. The monoisotopic (exact) mass is 425 g/mol. The van der Waals surface area contributed by atoms with Gasteiger partial charge in [0, 0.05) is 25.2 Å². The lowest BCUT2D eigenvalue weighted by Gasteiger charge is -2.38. The maximum absolute atomic E-state index is 12.9. The molecule has 1 N–H and O–H groups in total. The highest BCUT2D eigenvalue weighted by Gasteiger charge is 2.36. The number of hydrogen-bond donors (Lipinski definition) is 1. The predicted molar refractivity (Wildman–Crippen MR) is 118 cm³/mol. The SMILES string of the molecule is CC(Oc1cccc(C(C)C)c1)C(=O)NCC1(c2ccc3c(c2)OCO3)CCOCC1. The molecule has 0 bridgehead atoms. The number of amides is 1. The summed E-state index contributed by atoms with van der Waals surface area (Å²) < 4.78 is 22.6. The van der Waals surface area contributed by atoms with E-state index in [0.29, 0.717) is 31.4 Å². The lowest BCUT2D eigenvalue weighted by Crippen LogP contribution is -2.47. The second-order valence-corrected chi connectivity index (χ2v) is 8.67. The third-order valence-electron chi connectivity index (χ3n) is 6.24. The fourth-order valence-electron chi connectivity index (χ4n) is 4.16. The summed E-state index contributed by atoms with van der Waals surface area (Å²) in [5.41, 5.74) is 2.12. The van der Waals surface area contributed by atoms with E-state index >= 15 is 0 Å². The summed E-state index contributed by atoms with van der Waals surface area (Å²) in [6, 6.07) is 14.0. The van der Waals surface area contributed by atoms with Crippen LogP contribution in [0.4, 0.5) is 0 Å². The van der Waals surface area contributed by atoms with Crippen LogP contribution in [-0.4, -0.2) is 38.6 Å². The third kappa shape index (κ3) is 4.79. The van der Waals surface area contributed by atoms with Crippen molar-refractivity contribution in [2.75, 3.05) is 26.6 Å². The molecule has 1 fully saturated rings. The van der Waals surface area contributed by atoms with Crippen molar-refractivity contribution in [1.29, 1.82) is 0 Å². The van der Waals surface area contributed by atoms with E-state index in [0.717, 1.165) is 29.9 Å². The Balaban J connectivity index is 1.43. The van der Waals surface area contributed by atoms with E-state index in [1.165, 1.54) is 5.56 Å². The summed E-state index contributed by atoms with van der Waals surface area (Å²) in [4.78, 5) is 12.9. The van der Waals surface area contributed by atoms with E-state index in [2.05, 4.69) is 31.3 Å². The molecule has 2 heterocycles. The van der Waals surface area contributed by atoms with Gasteiger partial charge in [-0.05, 0) is 61.1 Å². The minimum Gasteiger partial charge on any atom is -0.481 e. The average Bonchev–Trinajstić information content (AvgIpc) is 3.26. The highest BCUT2D eigenvalue weighted by atomic mass is 16.7. The standard InChI is InChI=1S/C25H31NO5/c1-17(2)19-5-4-6-21(13-19)31-18(3)24(27)26-15-25(9-11-28-12-10-25)20-7-8-22-23(14-20)30-16-29-22/h4-8,13-14,17-18H,9-12,15-16H2,1-3H3,(H,26,27). The van der Waals surface area contributed by atoms with Crippen LogP contribution in [0.5, 0.6) is 17.2 Å². The molecule has 1 saturated heterocycles. The van der Waals surface area contributed by atoms with Crippen LogP contribution in [0.25, 0.3) is 0 Å². The van der Waals surface area contributed by atoms with E-state index in [4.69, 9.17) is 18.9 Å². The van der Waals surface area contributed by atoms with Crippen LogP contribution in [0.3, 0.4) is 0 Å². The van der Waals surface area contributed by atoms with Crippen molar-refractivity contribution in [1.82, 2.24) is 5.32 Å². The van der Waals surface area contributed by atoms with Crippen LogP contribution in [-0.2, 0) is 14.9 Å². The zero-order valence-electron chi connectivity index (χ0n) is 18.5. The lowest BCUT2D eigenvalue weighted by atomic mass is 9.74. The first kappa shape index (κ1) is 21.5. The van der Waals surface area contributed by atoms with Crippen LogP contribution in [0.2, 0.25) is 0 Å². The lowest BCUT2D eigenvalue weighted by molar-refractivity contribution is -0.127. The smallest absolute Gasteiger partial charge is 0.260 e. The molecule has 2 aliphatic rings. The Bertz CT molecular complexity index is 920.